The fraction of sp³-hybridized carbons (Fsp3) is 0.500. The van der Waals surface area contributed by atoms with Crippen molar-refractivity contribution in [3.8, 4) is 0 Å². The van der Waals surface area contributed by atoms with Gasteiger partial charge < -0.3 is 29.5 Å². The minimum atomic E-state index is -4.53. The Morgan fingerprint density at radius 1 is 0.815 bits per heavy atom. The number of carboxylic acids is 1. The van der Waals surface area contributed by atoms with Crippen molar-refractivity contribution in [3.05, 3.63) is 96.8 Å². The largest absolute Gasteiger partial charge is 0.481 e. The highest BCUT2D eigenvalue weighted by Gasteiger charge is 2.45. The van der Waals surface area contributed by atoms with Crippen molar-refractivity contribution < 1.29 is 59.4 Å². The van der Waals surface area contributed by atoms with Gasteiger partial charge in [0.05, 0.1) is 67.7 Å². The molecule has 0 aliphatic carbocycles. The number of ether oxygens (including phenoxy) is 3. The number of nitrogens with zero attached hydrogens (tertiary/aromatic N) is 2. The third kappa shape index (κ3) is 16.3. The summed E-state index contributed by atoms with van der Waals surface area (Å²) < 4.78 is 87.9. The van der Waals surface area contributed by atoms with Crippen molar-refractivity contribution >= 4 is 94.4 Å². The summed E-state index contributed by atoms with van der Waals surface area (Å²) in [4.78, 5) is 24.9. The van der Waals surface area contributed by atoms with Gasteiger partial charge in [-0.05, 0) is 128 Å². The maximum absolute atomic E-state index is 12.6. The molecule has 15 nitrogen and oxygen atoms in total. The third-order valence-corrected chi connectivity index (χ3v) is 14.5. The smallest absolute Gasteiger partial charge is 0.305 e. The first kappa shape index (κ1) is 54.6. The molecule has 19 heteroatoms. The van der Waals surface area contributed by atoms with E-state index in [1.54, 1.807) is 6.07 Å². The van der Waals surface area contributed by atoms with Gasteiger partial charge in [0.2, 0.25) is 11.6 Å². The Bertz CT molecular complexity index is 2380. The molecule has 1 atom stereocenters. The van der Waals surface area contributed by atoms with Crippen molar-refractivity contribution in [2.24, 2.45) is 0 Å². The highest BCUT2D eigenvalue weighted by Crippen LogP contribution is 2.51. The number of carbonyl (C=O) groups is 2. The lowest BCUT2D eigenvalue weighted by Crippen LogP contribution is -2.29. The molecular formula is C46H62I2N3O12S2+. The zero-order chi connectivity index (χ0) is 47.8. The summed E-state index contributed by atoms with van der Waals surface area (Å²) in [5.41, 5.74) is 5.04. The summed E-state index contributed by atoms with van der Waals surface area (Å²) in [6.45, 7) is 9.13. The molecule has 0 saturated heterocycles. The lowest BCUT2D eigenvalue weighted by atomic mass is 9.77. The zero-order valence-corrected chi connectivity index (χ0v) is 43.4. The molecule has 2 aliphatic rings. The van der Waals surface area contributed by atoms with Gasteiger partial charge >= 0.3 is 5.97 Å². The molecule has 1 unspecified atom stereocenters. The first-order chi connectivity index (χ1) is 30.7. The maximum Gasteiger partial charge on any atom is 0.305 e. The normalized spacial score (nSPS) is 17.9. The third-order valence-electron chi connectivity index (χ3n) is 11.4. The molecule has 2 aliphatic heterocycles. The van der Waals surface area contributed by atoms with Crippen molar-refractivity contribution in [2.75, 3.05) is 70.4 Å². The number of halogens is 2. The summed E-state index contributed by atoms with van der Waals surface area (Å²) in [5.74, 6) is -1.40. The van der Waals surface area contributed by atoms with Gasteiger partial charge in [0.1, 0.15) is 7.05 Å². The number of hydrogen-bond acceptors (Lipinski definition) is 10. The maximum atomic E-state index is 12.6. The second kappa shape index (κ2) is 25.4. The molecule has 4 N–H and O–H groups in total. The molecule has 0 saturated carbocycles. The van der Waals surface area contributed by atoms with Gasteiger partial charge in [0.15, 0.2) is 5.71 Å². The standard InChI is InChI=1S/C46H61I2N3O12S2/c1-45(2)40(50(4)39-32-34(47)31-37(48)44(39)45)15-9-6-5-7-10-16-41-46(3,21-12-14-30-64(55,56)57)36-33-35(65(58,59)60)18-19-38(36)51(41)23-13-8-11-17-42(52)49-22-25-62-27-29-63-28-26-61-24-20-43(53)54/h5-7,9-10,15-16,18-19,31-33H,8,11-14,17,20-30H2,1-4H3,(H3-,49,52,53,54,55,56,57,58,59,60)/p+1. The molecule has 2 heterocycles. The predicted octanol–water partition coefficient (Wildman–Crippen LogP) is 7.74. The molecule has 0 bridgehead atoms. The quantitative estimate of drug-likeness (QED) is 0.0212. The summed E-state index contributed by atoms with van der Waals surface area (Å²) >= 11 is 4.77. The highest BCUT2D eigenvalue weighted by atomic mass is 127. The van der Waals surface area contributed by atoms with E-state index in [0.29, 0.717) is 83.8 Å². The second-order valence-electron chi connectivity index (χ2n) is 16.6. The van der Waals surface area contributed by atoms with Crippen LogP contribution in [0.15, 0.2) is 83.5 Å². The lowest BCUT2D eigenvalue weighted by Gasteiger charge is -2.30. The predicted molar refractivity (Wildman–Crippen MR) is 269 cm³/mol. The second-order valence-corrected chi connectivity index (χ2v) is 22.0. The topological polar surface area (TPSA) is 209 Å². The van der Waals surface area contributed by atoms with Crippen LogP contribution in [-0.2, 0) is 54.9 Å². The summed E-state index contributed by atoms with van der Waals surface area (Å²) in [6.07, 6.45) is 17.3. The molecular weight excluding hydrogens is 1100 g/mol. The van der Waals surface area contributed by atoms with Crippen LogP contribution in [0.25, 0.3) is 0 Å². The molecule has 65 heavy (non-hydrogen) atoms. The van der Waals surface area contributed by atoms with Crippen LogP contribution >= 0.6 is 45.2 Å². The van der Waals surface area contributed by atoms with Crippen molar-refractivity contribution in [1.82, 2.24) is 5.32 Å². The molecule has 0 aromatic heterocycles. The number of amides is 1. The van der Waals surface area contributed by atoms with E-state index in [1.165, 1.54) is 36.2 Å². The number of rotatable bonds is 28. The number of nitrogens with one attached hydrogen (secondary N) is 1. The van der Waals surface area contributed by atoms with Crippen LogP contribution in [0.2, 0.25) is 0 Å². The van der Waals surface area contributed by atoms with Crippen molar-refractivity contribution in [1.29, 1.82) is 0 Å². The van der Waals surface area contributed by atoms with E-state index in [9.17, 15) is 35.5 Å². The molecule has 358 valence electrons. The van der Waals surface area contributed by atoms with E-state index < -0.39 is 37.4 Å². The Kier molecular flexibility index (Phi) is 21.3. The summed E-state index contributed by atoms with van der Waals surface area (Å²) in [6, 6.07) is 8.95. The van der Waals surface area contributed by atoms with E-state index in [1.807, 2.05) is 43.4 Å². The fourth-order valence-corrected chi connectivity index (χ4v) is 11.7. The number of benzene rings is 2. The van der Waals surface area contributed by atoms with Crippen LogP contribution in [0, 0.1) is 7.14 Å². The first-order valence-electron chi connectivity index (χ1n) is 21.6. The number of unbranched alkanes of at least 4 members (excludes halogenated alkanes) is 3. The van der Waals surface area contributed by atoms with Gasteiger partial charge in [-0.25, -0.2) is 0 Å². The number of aliphatic carboxylic acids is 1. The van der Waals surface area contributed by atoms with Crippen LogP contribution < -0.4 is 10.2 Å². The Morgan fingerprint density at radius 3 is 2.15 bits per heavy atom. The number of allylic oxidation sites excluding steroid dienone is 8. The van der Waals surface area contributed by atoms with Gasteiger partial charge in [-0.15, -0.1) is 0 Å². The molecule has 0 radical (unpaired) electrons. The van der Waals surface area contributed by atoms with Crippen LogP contribution in [0.4, 0.5) is 11.4 Å². The van der Waals surface area contributed by atoms with E-state index in [0.717, 1.165) is 17.8 Å². The molecule has 2 aromatic carbocycles. The van der Waals surface area contributed by atoms with Crippen LogP contribution in [0.3, 0.4) is 0 Å². The number of carbonyl (C=O) groups excluding carboxylic acids is 1. The molecule has 0 spiro atoms. The van der Waals surface area contributed by atoms with Gasteiger partial charge in [-0.1, -0.05) is 43.2 Å². The Balaban J connectivity index is 1.40. The summed E-state index contributed by atoms with van der Waals surface area (Å²) in [5, 5.41) is 11.5. The Hall–Kier alpha value is -3.03. The van der Waals surface area contributed by atoms with E-state index in [2.05, 4.69) is 99.1 Å². The number of fused-ring (bicyclic) bond motifs is 2. The van der Waals surface area contributed by atoms with Crippen molar-refractivity contribution in [2.45, 2.75) is 87.9 Å². The first-order valence-corrected chi connectivity index (χ1v) is 26.8. The number of anilines is 1. The summed E-state index contributed by atoms with van der Waals surface area (Å²) in [7, 11) is -6.61. The molecule has 4 rings (SSSR count). The molecule has 2 aromatic rings. The van der Waals surface area contributed by atoms with E-state index >= 15 is 0 Å². The average molecular weight is 1170 g/mol. The van der Waals surface area contributed by atoms with Gasteiger partial charge in [0.25, 0.3) is 20.2 Å². The lowest BCUT2D eigenvalue weighted by molar-refractivity contribution is -0.401. The molecule has 1 amide bonds. The Morgan fingerprint density at radius 2 is 1.48 bits per heavy atom. The van der Waals surface area contributed by atoms with Crippen LogP contribution in [0.1, 0.15) is 83.3 Å². The van der Waals surface area contributed by atoms with Gasteiger partial charge in [-0.2, -0.15) is 21.4 Å². The van der Waals surface area contributed by atoms with E-state index in [-0.39, 0.29) is 35.7 Å². The van der Waals surface area contributed by atoms with Gasteiger partial charge in [0, 0.05) is 55.6 Å². The fourth-order valence-electron chi connectivity index (χ4n) is 8.17. The average Bonchev–Trinajstić information content (AvgIpc) is 3.56. The SMILES string of the molecule is C[N+]1=C(C=CC=CC=CC=C2N(CCCCCC(=O)NCCOCCOCCOCCC(=O)O)c3ccc(S(=O)(=O)O)cc3C2(C)CCCCS(=O)(=O)O)C(C)(C)c2c(I)cc(I)cc21. The highest BCUT2D eigenvalue weighted by molar-refractivity contribution is 14.1. The van der Waals surface area contributed by atoms with Crippen LogP contribution in [-0.4, -0.2) is 119 Å². The Labute approximate surface area is 411 Å². The van der Waals surface area contributed by atoms with Gasteiger partial charge in [-0.3, -0.25) is 18.7 Å². The minimum absolute atomic E-state index is 0.0533. The minimum Gasteiger partial charge on any atom is -0.481 e. The zero-order valence-electron chi connectivity index (χ0n) is 37.4. The van der Waals surface area contributed by atoms with Crippen molar-refractivity contribution in [3.63, 3.8) is 0 Å². The number of carboxylic acid groups (broad SMARTS) is 1. The van der Waals surface area contributed by atoms with E-state index in [4.69, 9.17) is 19.3 Å². The number of hydrogen-bond donors (Lipinski definition) is 4. The monoisotopic (exact) mass is 1170 g/mol. The molecule has 0 fully saturated rings. The van der Waals surface area contributed by atoms with Crippen LogP contribution in [0.5, 0.6) is 0 Å².